The Morgan fingerprint density at radius 2 is 1.80 bits per heavy atom. The molecule has 2 aromatic rings. The molecule has 0 amide bonds. The van der Waals surface area contributed by atoms with E-state index in [9.17, 15) is 9.90 Å². The van der Waals surface area contributed by atoms with E-state index in [4.69, 9.17) is 14.6 Å². The van der Waals surface area contributed by atoms with E-state index in [0.717, 1.165) is 0 Å². The van der Waals surface area contributed by atoms with E-state index in [0.29, 0.717) is 29.8 Å². The summed E-state index contributed by atoms with van der Waals surface area (Å²) in [5.74, 6) is -0.710. The Kier molecular flexibility index (Phi) is 4.73. The van der Waals surface area contributed by atoms with Crippen molar-refractivity contribution in [2.75, 3.05) is 26.3 Å². The Morgan fingerprint density at radius 3 is 2.40 bits per heavy atom. The highest BCUT2D eigenvalue weighted by atomic mass is 16.4. The maximum atomic E-state index is 11.4. The monoisotopic (exact) mass is 279 g/mol. The second-order valence-electron chi connectivity index (χ2n) is 4.42. The first-order chi connectivity index (χ1) is 9.67. The molecule has 0 aliphatic heterocycles. The summed E-state index contributed by atoms with van der Waals surface area (Å²) < 4.78 is 5.60. The van der Waals surface area contributed by atoms with Gasteiger partial charge in [-0.25, -0.2) is 4.79 Å². The van der Waals surface area contributed by atoms with Gasteiger partial charge in [0.05, 0.1) is 19.8 Å². The Bertz CT molecular complexity index is 586. The molecule has 6 nitrogen and oxygen atoms in total. The van der Waals surface area contributed by atoms with Crippen LogP contribution in [0, 0.1) is 0 Å². The number of carboxylic acid groups (broad SMARTS) is 1. The van der Waals surface area contributed by atoms with E-state index in [1.807, 2.05) is 0 Å². The number of aliphatic hydroxyl groups is 2. The van der Waals surface area contributed by atoms with Gasteiger partial charge in [0.15, 0.2) is 0 Å². The first kappa shape index (κ1) is 14.5. The normalized spacial score (nSPS) is 11.3. The summed E-state index contributed by atoms with van der Waals surface area (Å²) in [5, 5.41) is 27.9. The molecule has 0 aliphatic rings. The van der Waals surface area contributed by atoms with E-state index in [2.05, 4.69) is 0 Å². The molecule has 0 aliphatic carbocycles. The minimum Gasteiger partial charge on any atom is -0.478 e. The first-order valence-corrected chi connectivity index (χ1v) is 6.35. The van der Waals surface area contributed by atoms with Gasteiger partial charge in [-0.1, -0.05) is 18.2 Å². The van der Waals surface area contributed by atoms with Gasteiger partial charge in [0.2, 0.25) is 0 Å². The van der Waals surface area contributed by atoms with E-state index >= 15 is 0 Å². The molecule has 0 bridgehead atoms. The van der Waals surface area contributed by atoms with Crippen molar-refractivity contribution >= 4 is 16.9 Å². The Balaban J connectivity index is 2.37. The average molecular weight is 279 g/mol. The van der Waals surface area contributed by atoms with Crippen molar-refractivity contribution in [2.45, 2.75) is 6.54 Å². The van der Waals surface area contributed by atoms with Gasteiger partial charge in [0.1, 0.15) is 16.9 Å². The summed E-state index contributed by atoms with van der Waals surface area (Å²) in [5.41, 5.74) is 0.661. The molecule has 0 atom stereocenters. The van der Waals surface area contributed by atoms with Crippen LogP contribution in [-0.2, 0) is 6.54 Å². The fraction of sp³-hybridized carbons (Fsp3) is 0.357. The van der Waals surface area contributed by atoms with Crippen LogP contribution in [0.25, 0.3) is 11.0 Å². The van der Waals surface area contributed by atoms with Crippen LogP contribution in [0.2, 0.25) is 0 Å². The summed E-state index contributed by atoms with van der Waals surface area (Å²) in [6, 6.07) is 6.95. The quantitative estimate of drug-likeness (QED) is 0.697. The topological polar surface area (TPSA) is 94.1 Å². The van der Waals surface area contributed by atoms with E-state index < -0.39 is 5.97 Å². The van der Waals surface area contributed by atoms with Crippen molar-refractivity contribution < 1.29 is 24.5 Å². The number of aliphatic hydroxyl groups excluding tert-OH is 2. The highest BCUT2D eigenvalue weighted by molar-refractivity contribution is 6.03. The van der Waals surface area contributed by atoms with Crippen LogP contribution in [0.1, 0.15) is 16.1 Å². The largest absolute Gasteiger partial charge is 0.478 e. The molecule has 0 saturated heterocycles. The number of para-hydroxylation sites is 1. The number of rotatable bonds is 7. The molecule has 6 heteroatoms. The highest BCUT2D eigenvalue weighted by Gasteiger charge is 2.21. The summed E-state index contributed by atoms with van der Waals surface area (Å²) in [4.78, 5) is 13.2. The van der Waals surface area contributed by atoms with Gasteiger partial charge in [0.25, 0.3) is 0 Å². The lowest BCUT2D eigenvalue weighted by atomic mass is 10.1. The number of hydrogen-bond acceptors (Lipinski definition) is 5. The SMILES string of the molecule is O=C(O)c1c(CN(CCO)CCO)oc2ccccc12. The predicted octanol–water partition coefficient (Wildman–Crippen LogP) is 0.918. The lowest BCUT2D eigenvalue weighted by molar-refractivity contribution is 0.0693. The summed E-state index contributed by atoms with van der Waals surface area (Å²) >= 11 is 0. The van der Waals surface area contributed by atoms with Crippen LogP contribution in [0.5, 0.6) is 0 Å². The van der Waals surface area contributed by atoms with Gasteiger partial charge in [0, 0.05) is 18.5 Å². The number of hydrogen-bond donors (Lipinski definition) is 3. The number of fused-ring (bicyclic) bond motifs is 1. The van der Waals surface area contributed by atoms with E-state index in [1.165, 1.54) is 0 Å². The zero-order valence-electron chi connectivity index (χ0n) is 11.0. The molecular formula is C14H17NO5. The number of nitrogens with zero attached hydrogens (tertiary/aromatic N) is 1. The van der Waals surface area contributed by atoms with Crippen molar-refractivity contribution in [3.63, 3.8) is 0 Å². The smallest absolute Gasteiger partial charge is 0.339 e. The molecule has 3 N–H and O–H groups in total. The van der Waals surface area contributed by atoms with Gasteiger partial charge < -0.3 is 19.7 Å². The number of furan rings is 1. The van der Waals surface area contributed by atoms with Crippen molar-refractivity contribution in [1.82, 2.24) is 4.90 Å². The molecule has 20 heavy (non-hydrogen) atoms. The second kappa shape index (κ2) is 6.51. The number of benzene rings is 1. The molecule has 0 radical (unpaired) electrons. The molecule has 1 heterocycles. The third-order valence-corrected chi connectivity index (χ3v) is 3.08. The van der Waals surface area contributed by atoms with Crippen molar-refractivity contribution in [1.29, 1.82) is 0 Å². The van der Waals surface area contributed by atoms with Gasteiger partial charge in [-0.05, 0) is 6.07 Å². The molecule has 0 saturated carbocycles. The lowest BCUT2D eigenvalue weighted by Gasteiger charge is -2.18. The zero-order chi connectivity index (χ0) is 14.5. The van der Waals surface area contributed by atoms with Gasteiger partial charge in [-0.15, -0.1) is 0 Å². The molecule has 108 valence electrons. The van der Waals surface area contributed by atoms with Crippen LogP contribution in [0.4, 0.5) is 0 Å². The molecular weight excluding hydrogens is 262 g/mol. The highest BCUT2D eigenvalue weighted by Crippen LogP contribution is 2.26. The van der Waals surface area contributed by atoms with Crippen molar-refractivity contribution in [2.24, 2.45) is 0 Å². The molecule has 0 unspecified atom stereocenters. The molecule has 2 rings (SSSR count). The van der Waals surface area contributed by atoms with Gasteiger partial charge in [-0.3, -0.25) is 4.90 Å². The Hall–Kier alpha value is -1.89. The second-order valence-corrected chi connectivity index (χ2v) is 4.42. The molecule has 0 spiro atoms. The van der Waals surface area contributed by atoms with Crippen LogP contribution >= 0.6 is 0 Å². The minimum absolute atomic E-state index is 0.0668. The maximum Gasteiger partial charge on any atom is 0.339 e. The van der Waals surface area contributed by atoms with Crippen molar-refractivity contribution in [3.8, 4) is 0 Å². The Morgan fingerprint density at radius 1 is 1.15 bits per heavy atom. The lowest BCUT2D eigenvalue weighted by Crippen LogP contribution is -2.29. The average Bonchev–Trinajstić information content (AvgIpc) is 2.77. The standard InChI is InChI=1S/C14H17NO5/c16-7-5-15(6-8-17)9-12-13(14(18)19)10-3-1-2-4-11(10)20-12/h1-4,16-17H,5-9H2,(H,18,19). The molecule has 1 aromatic heterocycles. The Labute approximate surface area is 115 Å². The van der Waals surface area contributed by atoms with Crippen LogP contribution in [0.15, 0.2) is 28.7 Å². The third-order valence-electron chi connectivity index (χ3n) is 3.08. The van der Waals surface area contributed by atoms with E-state index in [-0.39, 0.29) is 25.3 Å². The van der Waals surface area contributed by atoms with Gasteiger partial charge >= 0.3 is 5.97 Å². The van der Waals surface area contributed by atoms with Crippen LogP contribution in [0.3, 0.4) is 0 Å². The van der Waals surface area contributed by atoms with Gasteiger partial charge in [-0.2, -0.15) is 0 Å². The van der Waals surface area contributed by atoms with Crippen LogP contribution in [-0.4, -0.2) is 52.5 Å². The van der Waals surface area contributed by atoms with E-state index in [1.54, 1.807) is 29.2 Å². The third kappa shape index (κ3) is 2.98. The summed E-state index contributed by atoms with van der Waals surface area (Å²) in [6.07, 6.45) is 0. The molecule has 0 fully saturated rings. The fourth-order valence-corrected chi connectivity index (χ4v) is 2.20. The first-order valence-electron chi connectivity index (χ1n) is 6.35. The zero-order valence-corrected chi connectivity index (χ0v) is 11.0. The fourth-order valence-electron chi connectivity index (χ4n) is 2.20. The van der Waals surface area contributed by atoms with Crippen LogP contribution < -0.4 is 0 Å². The minimum atomic E-state index is -1.04. The molecule has 1 aromatic carbocycles. The predicted molar refractivity (Wildman–Crippen MR) is 72.6 cm³/mol. The summed E-state index contributed by atoms with van der Waals surface area (Å²) in [6.45, 7) is 0.788. The number of carbonyl (C=O) groups is 1. The maximum absolute atomic E-state index is 11.4. The summed E-state index contributed by atoms with van der Waals surface area (Å²) in [7, 11) is 0. The number of carboxylic acids is 1. The van der Waals surface area contributed by atoms with Crippen molar-refractivity contribution in [3.05, 3.63) is 35.6 Å². The number of aromatic carboxylic acids is 1.